The molecule has 0 heterocycles. The van der Waals surface area contributed by atoms with E-state index < -0.39 is 11.5 Å². The van der Waals surface area contributed by atoms with Crippen molar-refractivity contribution in [3.8, 4) is 0 Å². The lowest BCUT2D eigenvalue weighted by Gasteiger charge is -2.50. The Morgan fingerprint density at radius 1 is 1.00 bits per heavy atom. The molecule has 1 amide bonds. The van der Waals surface area contributed by atoms with E-state index in [0.717, 1.165) is 6.42 Å². The van der Waals surface area contributed by atoms with E-state index in [9.17, 15) is 14.7 Å². The Morgan fingerprint density at radius 3 is 1.71 bits per heavy atom. The number of aliphatic carboxylic acids is 1. The molecule has 17 heavy (non-hydrogen) atoms. The van der Waals surface area contributed by atoms with Gasteiger partial charge in [-0.1, -0.05) is 27.7 Å². The molecular formula is C13H23NO3. The molecule has 0 saturated heterocycles. The van der Waals surface area contributed by atoms with Crippen LogP contribution in [0.4, 0.5) is 0 Å². The number of amides is 1. The van der Waals surface area contributed by atoms with Crippen LogP contribution in [0.25, 0.3) is 0 Å². The molecule has 0 aliphatic heterocycles. The monoisotopic (exact) mass is 241 g/mol. The third-order valence-corrected chi connectivity index (χ3v) is 3.34. The average molecular weight is 241 g/mol. The van der Waals surface area contributed by atoms with Crippen LogP contribution < -0.4 is 5.32 Å². The normalized spacial score (nSPS) is 25.0. The van der Waals surface area contributed by atoms with Crippen molar-refractivity contribution >= 4 is 11.9 Å². The van der Waals surface area contributed by atoms with Gasteiger partial charge >= 0.3 is 5.97 Å². The second-order valence-corrected chi connectivity index (χ2v) is 6.93. The fraction of sp³-hybridized carbons (Fsp3) is 0.846. The summed E-state index contributed by atoms with van der Waals surface area (Å²) in [6, 6.07) is 0. The molecule has 1 saturated carbocycles. The van der Waals surface area contributed by atoms with Gasteiger partial charge in [-0.15, -0.1) is 0 Å². The standard InChI is InChI=1S/C13H23NO3/c1-9(15)14-13(10(16)17)7-11(2,3)6-12(4,5)8-13/h6-8H2,1-5H3,(H,14,15)(H,16,17). The van der Waals surface area contributed by atoms with Crippen molar-refractivity contribution in [2.75, 3.05) is 0 Å². The average Bonchev–Trinajstić information content (AvgIpc) is 1.94. The molecular weight excluding hydrogens is 218 g/mol. The molecule has 4 nitrogen and oxygen atoms in total. The zero-order chi connectivity index (χ0) is 13.5. The molecule has 98 valence electrons. The SMILES string of the molecule is CC(=O)NC1(C(=O)O)CC(C)(C)CC(C)(C)C1. The van der Waals surface area contributed by atoms with Crippen LogP contribution in [-0.4, -0.2) is 22.5 Å². The number of carboxylic acids is 1. The summed E-state index contributed by atoms with van der Waals surface area (Å²) in [5.41, 5.74) is -1.28. The van der Waals surface area contributed by atoms with Gasteiger partial charge in [0.1, 0.15) is 5.54 Å². The Hall–Kier alpha value is -1.06. The molecule has 0 radical (unpaired) electrons. The second-order valence-electron chi connectivity index (χ2n) is 6.93. The van der Waals surface area contributed by atoms with Crippen LogP contribution in [0.5, 0.6) is 0 Å². The molecule has 0 bridgehead atoms. The lowest BCUT2D eigenvalue weighted by atomic mass is 9.58. The van der Waals surface area contributed by atoms with E-state index in [1.54, 1.807) is 0 Å². The van der Waals surface area contributed by atoms with E-state index in [-0.39, 0.29) is 16.7 Å². The van der Waals surface area contributed by atoms with Gasteiger partial charge in [0.15, 0.2) is 0 Å². The van der Waals surface area contributed by atoms with E-state index in [0.29, 0.717) is 12.8 Å². The number of carbonyl (C=O) groups excluding carboxylic acids is 1. The number of hydrogen-bond donors (Lipinski definition) is 2. The fourth-order valence-electron chi connectivity index (χ4n) is 3.75. The Bertz CT molecular complexity index is 329. The molecule has 4 heteroatoms. The largest absolute Gasteiger partial charge is 0.480 e. The minimum Gasteiger partial charge on any atom is -0.480 e. The summed E-state index contributed by atoms with van der Waals surface area (Å²) in [6.07, 6.45) is 1.94. The highest BCUT2D eigenvalue weighted by Gasteiger charge is 2.52. The molecule has 0 aromatic heterocycles. The van der Waals surface area contributed by atoms with E-state index in [2.05, 4.69) is 33.0 Å². The summed E-state index contributed by atoms with van der Waals surface area (Å²) in [5, 5.41) is 12.2. The first-order chi connectivity index (χ1) is 7.48. The highest BCUT2D eigenvalue weighted by Crippen LogP contribution is 2.50. The van der Waals surface area contributed by atoms with Gasteiger partial charge in [-0.05, 0) is 30.1 Å². The predicted molar refractivity (Wildman–Crippen MR) is 65.6 cm³/mol. The highest BCUT2D eigenvalue weighted by molar-refractivity contribution is 5.86. The van der Waals surface area contributed by atoms with Crippen LogP contribution in [0, 0.1) is 10.8 Å². The maximum Gasteiger partial charge on any atom is 0.329 e. The number of carboxylic acid groups (broad SMARTS) is 1. The van der Waals surface area contributed by atoms with Gasteiger partial charge in [0.05, 0.1) is 0 Å². The van der Waals surface area contributed by atoms with E-state index in [1.165, 1.54) is 6.92 Å². The van der Waals surface area contributed by atoms with Gasteiger partial charge in [-0.3, -0.25) is 4.79 Å². The Morgan fingerprint density at radius 2 is 1.41 bits per heavy atom. The van der Waals surface area contributed by atoms with Crippen molar-refractivity contribution in [2.24, 2.45) is 10.8 Å². The maximum atomic E-state index is 11.6. The van der Waals surface area contributed by atoms with Gasteiger partial charge < -0.3 is 10.4 Å². The van der Waals surface area contributed by atoms with Crippen LogP contribution in [0.1, 0.15) is 53.9 Å². The summed E-state index contributed by atoms with van der Waals surface area (Å²) in [5.74, 6) is -1.20. The minimum absolute atomic E-state index is 0.0808. The van der Waals surface area contributed by atoms with Crippen molar-refractivity contribution in [3.05, 3.63) is 0 Å². The summed E-state index contributed by atoms with van der Waals surface area (Å²) in [7, 11) is 0. The lowest BCUT2D eigenvalue weighted by molar-refractivity contribution is -0.154. The predicted octanol–water partition coefficient (Wildman–Crippen LogP) is 2.18. The Labute approximate surface area is 103 Å². The third kappa shape index (κ3) is 3.20. The minimum atomic E-state index is -1.11. The third-order valence-electron chi connectivity index (χ3n) is 3.34. The maximum absolute atomic E-state index is 11.6. The molecule has 2 N–H and O–H groups in total. The van der Waals surface area contributed by atoms with Crippen LogP contribution in [0.2, 0.25) is 0 Å². The lowest BCUT2D eigenvalue weighted by Crippen LogP contribution is -2.61. The highest BCUT2D eigenvalue weighted by atomic mass is 16.4. The van der Waals surface area contributed by atoms with Crippen LogP contribution in [-0.2, 0) is 9.59 Å². The summed E-state index contributed by atoms with van der Waals surface area (Å²) >= 11 is 0. The fourth-order valence-corrected chi connectivity index (χ4v) is 3.75. The summed E-state index contributed by atoms with van der Waals surface area (Å²) in [4.78, 5) is 22.8. The van der Waals surface area contributed by atoms with Crippen molar-refractivity contribution in [1.29, 1.82) is 0 Å². The van der Waals surface area contributed by atoms with E-state index >= 15 is 0 Å². The number of nitrogens with one attached hydrogen (secondary N) is 1. The molecule has 0 aromatic rings. The zero-order valence-corrected chi connectivity index (χ0v) is 11.4. The van der Waals surface area contributed by atoms with E-state index in [4.69, 9.17) is 0 Å². The van der Waals surface area contributed by atoms with Crippen molar-refractivity contribution in [2.45, 2.75) is 59.4 Å². The van der Waals surface area contributed by atoms with Gasteiger partial charge in [-0.2, -0.15) is 0 Å². The molecule has 1 fully saturated rings. The van der Waals surface area contributed by atoms with Crippen molar-refractivity contribution in [3.63, 3.8) is 0 Å². The molecule has 1 aliphatic rings. The smallest absolute Gasteiger partial charge is 0.329 e. The number of carbonyl (C=O) groups is 2. The van der Waals surface area contributed by atoms with Crippen LogP contribution in [0.15, 0.2) is 0 Å². The zero-order valence-electron chi connectivity index (χ0n) is 11.4. The molecule has 1 aliphatic carbocycles. The molecule has 0 unspecified atom stereocenters. The first-order valence-corrected chi connectivity index (χ1v) is 6.00. The summed E-state index contributed by atoms with van der Waals surface area (Å²) < 4.78 is 0. The quantitative estimate of drug-likeness (QED) is 0.778. The topological polar surface area (TPSA) is 66.4 Å². The number of rotatable bonds is 2. The van der Waals surface area contributed by atoms with Gasteiger partial charge in [0.25, 0.3) is 0 Å². The molecule has 0 atom stereocenters. The van der Waals surface area contributed by atoms with Crippen molar-refractivity contribution < 1.29 is 14.7 Å². The van der Waals surface area contributed by atoms with Crippen molar-refractivity contribution in [1.82, 2.24) is 5.32 Å². The van der Waals surface area contributed by atoms with Gasteiger partial charge in [0.2, 0.25) is 5.91 Å². The number of hydrogen-bond acceptors (Lipinski definition) is 2. The van der Waals surface area contributed by atoms with E-state index in [1.807, 2.05) is 0 Å². The van der Waals surface area contributed by atoms with Gasteiger partial charge in [-0.25, -0.2) is 4.79 Å². The van der Waals surface area contributed by atoms with Gasteiger partial charge in [0, 0.05) is 6.92 Å². The molecule has 0 aromatic carbocycles. The first-order valence-electron chi connectivity index (χ1n) is 6.00. The summed E-state index contributed by atoms with van der Waals surface area (Å²) in [6.45, 7) is 9.63. The molecule has 0 spiro atoms. The van der Waals surface area contributed by atoms with Crippen LogP contribution in [0.3, 0.4) is 0 Å². The first kappa shape index (κ1) is 14.0. The Balaban J connectivity index is 3.12. The second kappa shape index (κ2) is 4.00. The van der Waals surface area contributed by atoms with Crippen LogP contribution >= 0.6 is 0 Å². The Kier molecular flexibility index (Phi) is 3.29. The molecule has 1 rings (SSSR count).